The van der Waals surface area contributed by atoms with Gasteiger partial charge in [-0.1, -0.05) is 6.07 Å². The van der Waals surface area contributed by atoms with E-state index in [4.69, 9.17) is 0 Å². The number of thioether (sulfide) groups is 1. The molecule has 2 heterocycles. The standard InChI is InChI=1S/C20H25F3IN3S/c21-20(22,23)13-27-18-3-1-2-17(16(18)12-19(27)24)25-14-4-6-15(7-5-14)26-8-10-28-11-9-26/h1-3,12,14-15,25H,4-11,13H2. The number of hydrogen-bond acceptors (Lipinski definition) is 3. The number of rotatable bonds is 4. The number of benzene rings is 1. The molecule has 1 saturated heterocycles. The number of halogens is 4. The van der Waals surface area contributed by atoms with Crippen LogP contribution in [0.3, 0.4) is 0 Å². The van der Waals surface area contributed by atoms with Gasteiger partial charge in [0.25, 0.3) is 0 Å². The first-order valence-electron chi connectivity index (χ1n) is 9.83. The maximum atomic E-state index is 12.9. The van der Waals surface area contributed by atoms with Crippen molar-refractivity contribution in [2.75, 3.05) is 29.9 Å². The third-order valence-corrected chi connectivity index (χ3v) is 7.69. The normalized spacial score (nSPS) is 24.6. The minimum atomic E-state index is -4.22. The number of aromatic nitrogens is 1. The Hall–Kier alpha value is -0.610. The highest BCUT2D eigenvalue weighted by molar-refractivity contribution is 14.1. The van der Waals surface area contributed by atoms with Gasteiger partial charge < -0.3 is 9.88 Å². The number of nitrogens with one attached hydrogen (secondary N) is 1. The SMILES string of the molecule is FC(F)(F)Cn1c(I)cc2c(NC3CCC(N4CCSCC4)CC3)cccc21. The average molecular weight is 523 g/mol. The third kappa shape index (κ3) is 4.75. The highest BCUT2D eigenvalue weighted by Crippen LogP contribution is 2.33. The summed E-state index contributed by atoms with van der Waals surface area (Å²) in [6.45, 7) is 1.47. The second-order valence-electron chi connectivity index (χ2n) is 7.70. The summed E-state index contributed by atoms with van der Waals surface area (Å²) >= 11 is 4.04. The molecule has 0 radical (unpaired) electrons. The summed E-state index contributed by atoms with van der Waals surface area (Å²) in [5, 5.41) is 4.51. The Morgan fingerprint density at radius 1 is 1.11 bits per heavy atom. The number of hydrogen-bond donors (Lipinski definition) is 1. The van der Waals surface area contributed by atoms with Crippen LogP contribution in [0.4, 0.5) is 18.9 Å². The zero-order valence-corrected chi connectivity index (χ0v) is 18.6. The van der Waals surface area contributed by atoms with Gasteiger partial charge in [0.2, 0.25) is 0 Å². The Labute approximate surface area is 181 Å². The highest BCUT2D eigenvalue weighted by atomic mass is 127. The van der Waals surface area contributed by atoms with Crippen molar-refractivity contribution in [3.8, 4) is 0 Å². The summed E-state index contributed by atoms with van der Waals surface area (Å²) in [7, 11) is 0. The third-order valence-electron chi connectivity index (χ3n) is 5.85. The van der Waals surface area contributed by atoms with Gasteiger partial charge in [0.05, 0.1) is 9.22 Å². The molecule has 0 spiro atoms. The van der Waals surface area contributed by atoms with Crippen LogP contribution in [0.5, 0.6) is 0 Å². The van der Waals surface area contributed by atoms with E-state index < -0.39 is 12.7 Å². The Bertz CT molecular complexity index is 809. The Balaban J connectivity index is 1.45. The van der Waals surface area contributed by atoms with Crippen LogP contribution in [0.1, 0.15) is 25.7 Å². The van der Waals surface area contributed by atoms with E-state index >= 15 is 0 Å². The summed E-state index contributed by atoms with van der Waals surface area (Å²) in [6, 6.07) is 8.57. The molecule has 2 fully saturated rings. The van der Waals surface area contributed by atoms with Gasteiger partial charge in [-0.15, -0.1) is 0 Å². The van der Waals surface area contributed by atoms with Gasteiger partial charge in [0.15, 0.2) is 0 Å². The molecule has 0 unspecified atom stereocenters. The van der Waals surface area contributed by atoms with Crippen LogP contribution in [-0.2, 0) is 6.54 Å². The lowest BCUT2D eigenvalue weighted by Gasteiger charge is -2.39. The first-order valence-corrected chi connectivity index (χ1v) is 12.1. The molecule has 3 nitrogen and oxygen atoms in total. The van der Waals surface area contributed by atoms with Crippen LogP contribution in [0, 0.1) is 3.70 Å². The Morgan fingerprint density at radius 3 is 2.50 bits per heavy atom. The van der Waals surface area contributed by atoms with Crippen molar-refractivity contribution in [2.45, 2.75) is 50.5 Å². The fraction of sp³-hybridized carbons (Fsp3) is 0.600. The fourth-order valence-electron chi connectivity index (χ4n) is 4.47. The molecule has 2 aromatic rings. The summed E-state index contributed by atoms with van der Waals surface area (Å²) in [5.74, 6) is 2.49. The van der Waals surface area contributed by atoms with Crippen molar-refractivity contribution >= 4 is 50.9 Å². The monoisotopic (exact) mass is 523 g/mol. The molecule has 28 heavy (non-hydrogen) atoms. The predicted molar refractivity (Wildman–Crippen MR) is 119 cm³/mol. The zero-order chi connectivity index (χ0) is 19.7. The second-order valence-corrected chi connectivity index (χ2v) is 10.0. The molecule has 1 aliphatic carbocycles. The van der Waals surface area contributed by atoms with E-state index in [1.165, 1.54) is 42.0 Å². The van der Waals surface area contributed by atoms with Crippen LogP contribution >= 0.6 is 34.4 Å². The average Bonchev–Trinajstić information content (AvgIpc) is 2.98. The van der Waals surface area contributed by atoms with Crippen molar-refractivity contribution < 1.29 is 13.2 Å². The van der Waals surface area contributed by atoms with Crippen molar-refractivity contribution in [3.05, 3.63) is 28.0 Å². The molecule has 2 aliphatic rings. The maximum Gasteiger partial charge on any atom is 0.406 e. The highest BCUT2D eigenvalue weighted by Gasteiger charge is 2.30. The molecular formula is C20H25F3IN3S. The lowest BCUT2D eigenvalue weighted by Crippen LogP contribution is -2.44. The summed E-state index contributed by atoms with van der Waals surface area (Å²) in [6.07, 6.45) is 0.409. The smallest absolute Gasteiger partial charge is 0.382 e. The molecular weight excluding hydrogens is 498 g/mol. The van der Waals surface area contributed by atoms with E-state index in [0.29, 0.717) is 21.3 Å². The van der Waals surface area contributed by atoms with E-state index in [9.17, 15) is 13.2 Å². The number of fused-ring (bicyclic) bond motifs is 1. The molecule has 0 bridgehead atoms. The minimum absolute atomic E-state index is 0.393. The van der Waals surface area contributed by atoms with Gasteiger partial charge >= 0.3 is 6.18 Å². The number of nitrogens with zero attached hydrogens (tertiary/aromatic N) is 2. The van der Waals surface area contributed by atoms with E-state index in [-0.39, 0.29) is 0 Å². The van der Waals surface area contributed by atoms with E-state index in [2.05, 4.69) is 10.2 Å². The van der Waals surface area contributed by atoms with Crippen molar-refractivity contribution in [1.29, 1.82) is 0 Å². The van der Waals surface area contributed by atoms with Crippen LogP contribution in [-0.4, -0.2) is 52.3 Å². The molecule has 0 atom stereocenters. The zero-order valence-electron chi connectivity index (χ0n) is 15.6. The molecule has 1 aromatic heterocycles. The molecule has 0 amide bonds. The van der Waals surface area contributed by atoms with Crippen molar-refractivity contribution in [1.82, 2.24) is 9.47 Å². The molecule has 1 saturated carbocycles. The lowest BCUT2D eigenvalue weighted by atomic mass is 9.90. The quantitative estimate of drug-likeness (QED) is 0.529. The van der Waals surface area contributed by atoms with Gasteiger partial charge in [0, 0.05) is 47.8 Å². The number of alkyl halides is 3. The van der Waals surface area contributed by atoms with Crippen LogP contribution in [0.2, 0.25) is 0 Å². The van der Waals surface area contributed by atoms with Crippen molar-refractivity contribution in [2.24, 2.45) is 0 Å². The molecule has 154 valence electrons. The first-order chi connectivity index (χ1) is 13.4. The van der Waals surface area contributed by atoms with E-state index in [0.717, 1.165) is 23.9 Å². The van der Waals surface area contributed by atoms with Crippen LogP contribution in [0.15, 0.2) is 24.3 Å². The predicted octanol–water partition coefficient (Wildman–Crippen LogP) is 5.58. The van der Waals surface area contributed by atoms with Crippen molar-refractivity contribution in [3.63, 3.8) is 0 Å². The van der Waals surface area contributed by atoms with Crippen LogP contribution < -0.4 is 5.32 Å². The molecule has 1 aliphatic heterocycles. The molecule has 8 heteroatoms. The Kier molecular flexibility index (Phi) is 6.37. The van der Waals surface area contributed by atoms with E-state index in [1.54, 1.807) is 6.07 Å². The topological polar surface area (TPSA) is 20.2 Å². The number of anilines is 1. The minimum Gasteiger partial charge on any atom is -0.382 e. The maximum absolute atomic E-state index is 12.9. The fourth-order valence-corrected chi connectivity index (χ4v) is 6.14. The summed E-state index contributed by atoms with van der Waals surface area (Å²) < 4.78 is 40.8. The van der Waals surface area contributed by atoms with Gasteiger partial charge in [0.1, 0.15) is 6.54 Å². The summed E-state index contributed by atoms with van der Waals surface area (Å²) in [4.78, 5) is 2.65. The molecule has 4 rings (SSSR count). The lowest BCUT2D eigenvalue weighted by molar-refractivity contribution is -0.140. The van der Waals surface area contributed by atoms with Gasteiger partial charge in [-0.25, -0.2) is 0 Å². The van der Waals surface area contributed by atoms with Gasteiger partial charge in [-0.3, -0.25) is 4.90 Å². The summed E-state index contributed by atoms with van der Waals surface area (Å²) in [5.41, 5.74) is 1.60. The first kappa shape index (κ1) is 20.7. The Morgan fingerprint density at radius 2 is 1.82 bits per heavy atom. The molecule has 1 N–H and O–H groups in total. The van der Waals surface area contributed by atoms with E-state index in [1.807, 2.05) is 52.6 Å². The van der Waals surface area contributed by atoms with Crippen LogP contribution in [0.25, 0.3) is 10.9 Å². The second kappa shape index (κ2) is 8.63. The van der Waals surface area contributed by atoms with Gasteiger partial charge in [-0.2, -0.15) is 24.9 Å². The van der Waals surface area contributed by atoms with Gasteiger partial charge in [-0.05, 0) is 66.5 Å². The largest absolute Gasteiger partial charge is 0.406 e. The molecule has 1 aromatic carbocycles.